The zero-order valence-electron chi connectivity index (χ0n) is 13.9. The number of carbonyl (C=O) groups is 2. The lowest BCUT2D eigenvalue weighted by Gasteiger charge is -2.32. The van der Waals surface area contributed by atoms with Crippen molar-refractivity contribution >= 4 is 11.7 Å². The Morgan fingerprint density at radius 2 is 1.68 bits per heavy atom. The molecule has 5 nitrogen and oxygen atoms in total. The zero-order valence-corrected chi connectivity index (χ0v) is 13.9. The number of carbonyl (C=O) groups excluding carboxylic acids is 2. The third kappa shape index (κ3) is 4.78. The van der Waals surface area contributed by atoms with E-state index in [0.29, 0.717) is 6.54 Å². The number of Topliss-reactive ketones (excluding diaryl/α,β-unsaturated/α-hetero) is 1. The smallest absolute Gasteiger partial charge is 0.240 e. The summed E-state index contributed by atoms with van der Waals surface area (Å²) in [5.74, 6) is 5.78. The number of piperidine rings is 1. The SMILES string of the molecule is CC(=O)[C@H]1CCCC[C@H]1C(=O)N(N)CCCN1CCCCC1. The van der Waals surface area contributed by atoms with Crippen LogP contribution in [0.2, 0.25) is 0 Å². The molecule has 0 radical (unpaired) electrons. The quantitative estimate of drug-likeness (QED) is 0.463. The Kier molecular flexibility index (Phi) is 6.83. The summed E-state index contributed by atoms with van der Waals surface area (Å²) >= 11 is 0. The molecule has 1 aliphatic heterocycles. The summed E-state index contributed by atoms with van der Waals surface area (Å²) < 4.78 is 0. The highest BCUT2D eigenvalue weighted by Gasteiger charge is 2.35. The van der Waals surface area contributed by atoms with Crippen LogP contribution >= 0.6 is 0 Å². The summed E-state index contributed by atoms with van der Waals surface area (Å²) in [6.45, 7) is 5.56. The summed E-state index contributed by atoms with van der Waals surface area (Å²) in [4.78, 5) is 26.7. The second kappa shape index (κ2) is 8.63. The van der Waals surface area contributed by atoms with Crippen molar-refractivity contribution in [2.45, 2.75) is 58.3 Å². The molecule has 2 aliphatic rings. The van der Waals surface area contributed by atoms with Crippen LogP contribution in [0.1, 0.15) is 58.3 Å². The maximum atomic E-state index is 12.5. The number of rotatable bonds is 6. The number of hydrogen-bond acceptors (Lipinski definition) is 4. The third-order valence-corrected chi connectivity index (χ3v) is 5.21. The average molecular weight is 309 g/mol. The van der Waals surface area contributed by atoms with Gasteiger partial charge in [0.15, 0.2) is 0 Å². The van der Waals surface area contributed by atoms with Gasteiger partial charge in [-0.1, -0.05) is 19.3 Å². The minimum atomic E-state index is -0.189. The highest BCUT2D eigenvalue weighted by molar-refractivity contribution is 5.87. The molecule has 1 saturated carbocycles. The predicted octanol–water partition coefficient (Wildman–Crippen LogP) is 1.96. The van der Waals surface area contributed by atoms with Crippen LogP contribution in [0.15, 0.2) is 0 Å². The summed E-state index contributed by atoms with van der Waals surface area (Å²) in [5, 5.41) is 1.37. The van der Waals surface area contributed by atoms with Gasteiger partial charge in [-0.25, -0.2) is 5.84 Å². The first-order valence-corrected chi connectivity index (χ1v) is 8.88. The van der Waals surface area contributed by atoms with E-state index >= 15 is 0 Å². The first-order valence-electron chi connectivity index (χ1n) is 8.88. The highest BCUT2D eigenvalue weighted by Crippen LogP contribution is 2.31. The fraction of sp³-hybridized carbons (Fsp3) is 0.882. The van der Waals surface area contributed by atoms with Crippen LogP contribution in [0.5, 0.6) is 0 Å². The van der Waals surface area contributed by atoms with E-state index in [1.807, 2.05) is 0 Å². The van der Waals surface area contributed by atoms with Gasteiger partial charge < -0.3 is 4.90 Å². The van der Waals surface area contributed by atoms with Gasteiger partial charge in [-0.3, -0.25) is 14.6 Å². The molecule has 0 unspecified atom stereocenters. The number of nitrogens with zero attached hydrogens (tertiary/aromatic N) is 2. The molecule has 0 bridgehead atoms. The molecule has 1 heterocycles. The van der Waals surface area contributed by atoms with E-state index in [1.165, 1.54) is 37.4 Å². The summed E-state index contributed by atoms with van der Waals surface area (Å²) in [5.41, 5.74) is 0. The van der Waals surface area contributed by atoms with E-state index in [-0.39, 0.29) is 23.5 Å². The van der Waals surface area contributed by atoms with E-state index in [1.54, 1.807) is 6.92 Å². The van der Waals surface area contributed by atoms with E-state index < -0.39 is 0 Å². The molecule has 1 aliphatic carbocycles. The van der Waals surface area contributed by atoms with Gasteiger partial charge in [-0.05, 0) is 58.7 Å². The Morgan fingerprint density at radius 3 is 2.32 bits per heavy atom. The fourth-order valence-corrected chi connectivity index (χ4v) is 3.88. The van der Waals surface area contributed by atoms with Crippen LogP contribution < -0.4 is 5.84 Å². The van der Waals surface area contributed by atoms with Crippen molar-refractivity contribution in [3.8, 4) is 0 Å². The molecular weight excluding hydrogens is 278 g/mol. The molecule has 5 heteroatoms. The standard InChI is InChI=1S/C17H31N3O2/c1-14(21)15-8-3-4-9-16(15)17(22)20(18)13-7-12-19-10-5-2-6-11-19/h15-16H,2-13,18H2,1H3/t15-,16-/m1/s1. The Hall–Kier alpha value is -0.940. The van der Waals surface area contributed by atoms with Gasteiger partial charge >= 0.3 is 0 Å². The average Bonchev–Trinajstić information content (AvgIpc) is 2.55. The van der Waals surface area contributed by atoms with E-state index in [0.717, 1.165) is 38.6 Å². The van der Waals surface area contributed by atoms with E-state index in [4.69, 9.17) is 5.84 Å². The number of likely N-dealkylation sites (tertiary alicyclic amines) is 1. The molecule has 2 rings (SSSR count). The Morgan fingerprint density at radius 1 is 1.05 bits per heavy atom. The maximum Gasteiger partial charge on any atom is 0.240 e. The van der Waals surface area contributed by atoms with Gasteiger partial charge in [0, 0.05) is 18.4 Å². The van der Waals surface area contributed by atoms with Crippen molar-refractivity contribution in [2.24, 2.45) is 17.7 Å². The van der Waals surface area contributed by atoms with Crippen molar-refractivity contribution < 1.29 is 9.59 Å². The minimum Gasteiger partial charge on any atom is -0.303 e. The van der Waals surface area contributed by atoms with Crippen LogP contribution in [0.4, 0.5) is 0 Å². The van der Waals surface area contributed by atoms with Crippen LogP contribution in [0, 0.1) is 11.8 Å². The molecule has 0 aromatic heterocycles. The second-order valence-electron chi connectivity index (χ2n) is 6.90. The third-order valence-electron chi connectivity index (χ3n) is 5.21. The number of amides is 1. The maximum absolute atomic E-state index is 12.5. The van der Waals surface area contributed by atoms with Crippen LogP contribution in [0.25, 0.3) is 0 Å². The molecular formula is C17H31N3O2. The molecule has 126 valence electrons. The van der Waals surface area contributed by atoms with Gasteiger partial charge in [0.25, 0.3) is 0 Å². The normalized spacial score (nSPS) is 26.6. The zero-order chi connectivity index (χ0) is 15.9. The molecule has 0 aromatic carbocycles. The number of hydrogen-bond donors (Lipinski definition) is 1. The molecule has 2 fully saturated rings. The van der Waals surface area contributed by atoms with E-state index in [9.17, 15) is 9.59 Å². The summed E-state index contributed by atoms with van der Waals surface area (Å²) in [6.07, 6.45) is 8.55. The minimum absolute atomic E-state index is 0.0291. The number of hydrazine groups is 1. The van der Waals surface area contributed by atoms with Gasteiger partial charge in [0.1, 0.15) is 5.78 Å². The topological polar surface area (TPSA) is 66.6 Å². The molecule has 1 saturated heterocycles. The lowest BCUT2D eigenvalue weighted by molar-refractivity contribution is -0.142. The van der Waals surface area contributed by atoms with Crippen LogP contribution in [-0.4, -0.2) is 47.8 Å². The molecule has 2 N–H and O–H groups in total. The van der Waals surface area contributed by atoms with Crippen molar-refractivity contribution in [3.05, 3.63) is 0 Å². The van der Waals surface area contributed by atoms with Gasteiger partial charge in [0.2, 0.25) is 5.91 Å². The first kappa shape index (κ1) is 17.4. The predicted molar refractivity (Wildman–Crippen MR) is 86.9 cm³/mol. The molecule has 0 aromatic rings. The molecule has 0 spiro atoms. The lowest BCUT2D eigenvalue weighted by atomic mass is 9.76. The van der Waals surface area contributed by atoms with Crippen molar-refractivity contribution in [2.75, 3.05) is 26.2 Å². The van der Waals surface area contributed by atoms with Gasteiger partial charge in [-0.2, -0.15) is 0 Å². The highest BCUT2D eigenvalue weighted by atomic mass is 16.2. The monoisotopic (exact) mass is 309 g/mol. The van der Waals surface area contributed by atoms with E-state index in [2.05, 4.69) is 4.90 Å². The Bertz CT molecular complexity index is 380. The molecule has 1 amide bonds. The molecule has 22 heavy (non-hydrogen) atoms. The number of nitrogens with two attached hydrogens (primary N) is 1. The van der Waals surface area contributed by atoms with Crippen molar-refractivity contribution in [3.63, 3.8) is 0 Å². The lowest BCUT2D eigenvalue weighted by Crippen LogP contribution is -2.46. The largest absolute Gasteiger partial charge is 0.303 e. The van der Waals surface area contributed by atoms with Crippen molar-refractivity contribution in [1.82, 2.24) is 9.91 Å². The summed E-state index contributed by atoms with van der Waals surface area (Å²) in [7, 11) is 0. The van der Waals surface area contributed by atoms with Crippen LogP contribution in [-0.2, 0) is 9.59 Å². The van der Waals surface area contributed by atoms with Crippen LogP contribution in [0.3, 0.4) is 0 Å². The van der Waals surface area contributed by atoms with Gasteiger partial charge in [-0.15, -0.1) is 0 Å². The second-order valence-corrected chi connectivity index (χ2v) is 6.90. The van der Waals surface area contributed by atoms with Gasteiger partial charge in [0.05, 0.1) is 0 Å². The Balaban J connectivity index is 1.76. The Labute approximate surface area is 134 Å². The van der Waals surface area contributed by atoms with Crippen molar-refractivity contribution in [1.29, 1.82) is 0 Å². The number of ketones is 1. The molecule has 2 atom stereocenters. The fourth-order valence-electron chi connectivity index (χ4n) is 3.88. The first-order chi connectivity index (χ1) is 10.6. The summed E-state index contributed by atoms with van der Waals surface area (Å²) in [6, 6.07) is 0.